The summed E-state index contributed by atoms with van der Waals surface area (Å²) in [5, 5.41) is 3.71. The van der Waals surface area contributed by atoms with E-state index >= 15 is 0 Å². The average molecular weight is 281 g/mol. The Balaban J connectivity index is 2.08. The molecule has 0 fully saturated rings. The van der Waals surface area contributed by atoms with E-state index in [4.69, 9.17) is 0 Å². The van der Waals surface area contributed by atoms with Crippen molar-refractivity contribution in [3.05, 3.63) is 70.8 Å². The predicted molar refractivity (Wildman–Crippen MR) is 91.7 cm³/mol. The van der Waals surface area contributed by atoms with Gasteiger partial charge in [0, 0.05) is 6.04 Å². The first-order valence-corrected chi connectivity index (χ1v) is 8.05. The Hall–Kier alpha value is -1.60. The molecule has 1 N–H and O–H groups in total. The molecule has 0 saturated heterocycles. The van der Waals surface area contributed by atoms with Crippen LogP contribution in [-0.4, -0.2) is 6.54 Å². The maximum Gasteiger partial charge on any atom is 0.0326 e. The van der Waals surface area contributed by atoms with Crippen LogP contribution in [-0.2, 0) is 6.42 Å². The zero-order chi connectivity index (χ0) is 15.1. The van der Waals surface area contributed by atoms with E-state index in [0.717, 1.165) is 19.4 Å². The first kappa shape index (κ1) is 15.8. The standard InChI is InChI=1S/C20H27N/c1-4-14-21-20(19-11-6-5-9-17(19)3)13-12-18-10-7-8-16(2)15-18/h5-11,15,20-21H,4,12-14H2,1-3H3. The van der Waals surface area contributed by atoms with Crippen LogP contribution in [0.2, 0.25) is 0 Å². The van der Waals surface area contributed by atoms with Gasteiger partial charge in [-0.05, 0) is 56.3 Å². The van der Waals surface area contributed by atoms with Crippen LogP contribution in [0.25, 0.3) is 0 Å². The highest BCUT2D eigenvalue weighted by Gasteiger charge is 2.12. The molecule has 1 unspecified atom stereocenters. The van der Waals surface area contributed by atoms with Gasteiger partial charge in [0.2, 0.25) is 0 Å². The van der Waals surface area contributed by atoms with Crippen molar-refractivity contribution in [2.24, 2.45) is 0 Å². The normalized spacial score (nSPS) is 12.3. The molecular weight excluding hydrogens is 254 g/mol. The minimum Gasteiger partial charge on any atom is -0.310 e. The molecule has 0 aliphatic rings. The molecule has 0 aliphatic heterocycles. The summed E-state index contributed by atoms with van der Waals surface area (Å²) in [5.74, 6) is 0. The molecule has 1 heteroatoms. The molecule has 2 rings (SSSR count). The first-order chi connectivity index (χ1) is 10.2. The van der Waals surface area contributed by atoms with E-state index in [1.165, 1.54) is 28.7 Å². The number of nitrogens with one attached hydrogen (secondary N) is 1. The molecule has 1 atom stereocenters. The predicted octanol–water partition coefficient (Wildman–Crippen LogP) is 4.98. The fourth-order valence-electron chi connectivity index (χ4n) is 2.84. The summed E-state index contributed by atoms with van der Waals surface area (Å²) in [6, 6.07) is 18.1. The van der Waals surface area contributed by atoms with E-state index in [2.05, 4.69) is 74.6 Å². The Labute approximate surface area is 129 Å². The van der Waals surface area contributed by atoms with Crippen LogP contribution in [0.4, 0.5) is 0 Å². The topological polar surface area (TPSA) is 12.0 Å². The van der Waals surface area contributed by atoms with Gasteiger partial charge in [-0.25, -0.2) is 0 Å². The van der Waals surface area contributed by atoms with E-state index in [1.54, 1.807) is 0 Å². The van der Waals surface area contributed by atoms with Crippen LogP contribution in [0.3, 0.4) is 0 Å². The summed E-state index contributed by atoms with van der Waals surface area (Å²) >= 11 is 0. The summed E-state index contributed by atoms with van der Waals surface area (Å²) in [5.41, 5.74) is 5.61. The molecule has 1 nitrogen and oxygen atoms in total. The molecule has 2 aromatic carbocycles. The third-order valence-electron chi connectivity index (χ3n) is 4.01. The van der Waals surface area contributed by atoms with Crippen LogP contribution in [0.5, 0.6) is 0 Å². The minimum absolute atomic E-state index is 0.451. The van der Waals surface area contributed by atoms with Crippen molar-refractivity contribution >= 4 is 0 Å². The Kier molecular flexibility index (Phi) is 6.01. The Morgan fingerprint density at radius 3 is 2.52 bits per heavy atom. The lowest BCUT2D eigenvalue weighted by Gasteiger charge is -2.21. The minimum atomic E-state index is 0.451. The highest BCUT2D eigenvalue weighted by atomic mass is 14.9. The van der Waals surface area contributed by atoms with Crippen molar-refractivity contribution in [1.82, 2.24) is 5.32 Å². The fraction of sp³-hybridized carbons (Fsp3) is 0.400. The third kappa shape index (κ3) is 4.71. The molecule has 0 amide bonds. The molecule has 21 heavy (non-hydrogen) atoms. The Morgan fingerprint density at radius 2 is 1.81 bits per heavy atom. The third-order valence-corrected chi connectivity index (χ3v) is 4.01. The van der Waals surface area contributed by atoms with Crippen LogP contribution in [0.1, 0.15) is 48.1 Å². The van der Waals surface area contributed by atoms with Crippen molar-refractivity contribution in [2.75, 3.05) is 6.54 Å². The van der Waals surface area contributed by atoms with Gasteiger partial charge in [0.05, 0.1) is 0 Å². The Bertz CT molecular complexity index is 559. The van der Waals surface area contributed by atoms with Gasteiger partial charge in [-0.15, -0.1) is 0 Å². The van der Waals surface area contributed by atoms with Gasteiger partial charge in [0.25, 0.3) is 0 Å². The lowest BCUT2D eigenvalue weighted by atomic mass is 9.95. The second kappa shape index (κ2) is 7.99. The van der Waals surface area contributed by atoms with E-state index in [-0.39, 0.29) is 0 Å². The van der Waals surface area contributed by atoms with Crippen LogP contribution in [0, 0.1) is 13.8 Å². The smallest absolute Gasteiger partial charge is 0.0326 e. The highest BCUT2D eigenvalue weighted by Crippen LogP contribution is 2.22. The number of benzene rings is 2. The van der Waals surface area contributed by atoms with Gasteiger partial charge in [-0.3, -0.25) is 0 Å². The molecule has 112 valence electrons. The zero-order valence-corrected chi connectivity index (χ0v) is 13.5. The van der Waals surface area contributed by atoms with E-state index < -0.39 is 0 Å². The van der Waals surface area contributed by atoms with Crippen molar-refractivity contribution in [1.29, 1.82) is 0 Å². The van der Waals surface area contributed by atoms with Crippen molar-refractivity contribution in [2.45, 2.75) is 46.1 Å². The molecule has 2 aromatic rings. The van der Waals surface area contributed by atoms with E-state index in [0.29, 0.717) is 6.04 Å². The lowest BCUT2D eigenvalue weighted by Crippen LogP contribution is -2.23. The van der Waals surface area contributed by atoms with Crippen molar-refractivity contribution in [3.63, 3.8) is 0 Å². The SMILES string of the molecule is CCCNC(CCc1cccc(C)c1)c1ccccc1C. The second-order valence-electron chi connectivity index (χ2n) is 5.89. The van der Waals surface area contributed by atoms with Crippen LogP contribution in [0.15, 0.2) is 48.5 Å². The molecule has 0 radical (unpaired) electrons. The average Bonchev–Trinajstić information content (AvgIpc) is 2.48. The van der Waals surface area contributed by atoms with Gasteiger partial charge in [0.15, 0.2) is 0 Å². The number of hydrogen-bond acceptors (Lipinski definition) is 1. The summed E-state index contributed by atoms with van der Waals surface area (Å²) < 4.78 is 0. The molecule has 0 heterocycles. The lowest BCUT2D eigenvalue weighted by molar-refractivity contribution is 0.497. The molecule has 0 spiro atoms. The Morgan fingerprint density at radius 1 is 1.00 bits per heavy atom. The summed E-state index contributed by atoms with van der Waals surface area (Å²) in [4.78, 5) is 0. The molecule has 0 aromatic heterocycles. The largest absolute Gasteiger partial charge is 0.310 e. The fourth-order valence-corrected chi connectivity index (χ4v) is 2.84. The van der Waals surface area contributed by atoms with Crippen molar-refractivity contribution < 1.29 is 0 Å². The molecule has 0 saturated carbocycles. The van der Waals surface area contributed by atoms with Gasteiger partial charge in [0.1, 0.15) is 0 Å². The quantitative estimate of drug-likeness (QED) is 0.755. The summed E-state index contributed by atoms with van der Waals surface area (Å²) in [7, 11) is 0. The van der Waals surface area contributed by atoms with E-state index in [1.807, 2.05) is 0 Å². The molecule has 0 aliphatic carbocycles. The first-order valence-electron chi connectivity index (χ1n) is 8.05. The maximum absolute atomic E-state index is 3.71. The molecule has 0 bridgehead atoms. The van der Waals surface area contributed by atoms with Gasteiger partial charge in [-0.2, -0.15) is 0 Å². The maximum atomic E-state index is 3.71. The van der Waals surface area contributed by atoms with Crippen molar-refractivity contribution in [3.8, 4) is 0 Å². The van der Waals surface area contributed by atoms with Gasteiger partial charge >= 0.3 is 0 Å². The number of aryl methyl sites for hydroxylation is 3. The van der Waals surface area contributed by atoms with Crippen LogP contribution >= 0.6 is 0 Å². The summed E-state index contributed by atoms with van der Waals surface area (Å²) in [6.45, 7) is 7.68. The highest BCUT2D eigenvalue weighted by molar-refractivity contribution is 5.29. The second-order valence-corrected chi connectivity index (χ2v) is 5.89. The number of rotatable bonds is 7. The van der Waals surface area contributed by atoms with Crippen LogP contribution < -0.4 is 5.32 Å². The number of hydrogen-bond donors (Lipinski definition) is 1. The monoisotopic (exact) mass is 281 g/mol. The van der Waals surface area contributed by atoms with Gasteiger partial charge in [-0.1, -0.05) is 61.0 Å². The van der Waals surface area contributed by atoms with Gasteiger partial charge < -0.3 is 5.32 Å². The van der Waals surface area contributed by atoms with E-state index in [9.17, 15) is 0 Å². The zero-order valence-electron chi connectivity index (χ0n) is 13.5. The molecular formula is C20H27N. The summed E-state index contributed by atoms with van der Waals surface area (Å²) in [6.07, 6.45) is 3.44.